The number of anilines is 2. The van der Waals surface area contributed by atoms with Crippen LogP contribution in [0.5, 0.6) is 0 Å². The number of piperidine rings is 3. The minimum atomic E-state index is -0.964. The zero-order valence-electron chi connectivity index (χ0n) is 32.8. The van der Waals surface area contributed by atoms with Crippen LogP contribution in [0.2, 0.25) is 0 Å². The van der Waals surface area contributed by atoms with Gasteiger partial charge in [-0.2, -0.15) is 0 Å². The van der Waals surface area contributed by atoms with Gasteiger partial charge in [-0.05, 0) is 129 Å². The first-order valence-corrected chi connectivity index (χ1v) is 20.5. The molecule has 0 aliphatic carbocycles. The number of rotatable bonds is 6. The third-order valence-corrected chi connectivity index (χ3v) is 13.7. The van der Waals surface area contributed by atoms with Crippen molar-refractivity contribution in [1.82, 2.24) is 20.0 Å². The first kappa shape index (κ1) is 37.1. The molecule has 12 nitrogen and oxygen atoms in total. The summed E-state index contributed by atoms with van der Waals surface area (Å²) < 4.78 is 0. The Morgan fingerprint density at radius 3 is 2.12 bits per heavy atom. The summed E-state index contributed by atoms with van der Waals surface area (Å²) in [6.45, 7) is 18.5. The van der Waals surface area contributed by atoms with Crippen molar-refractivity contribution in [2.45, 2.75) is 84.0 Å². The fourth-order valence-electron chi connectivity index (χ4n) is 10.5. The highest BCUT2D eigenvalue weighted by atomic mass is 16.2. The fraction of sp³-hybridized carbons (Fsp3) is 0.467. The van der Waals surface area contributed by atoms with Gasteiger partial charge in [-0.15, -0.1) is 0 Å². The zero-order valence-corrected chi connectivity index (χ0v) is 32.8. The highest BCUT2D eigenvalue weighted by Gasteiger charge is 2.46. The summed E-state index contributed by atoms with van der Waals surface area (Å²) in [5.74, 6) is -1.41. The van der Waals surface area contributed by atoms with Crippen LogP contribution in [0.25, 0.3) is 4.85 Å². The van der Waals surface area contributed by atoms with Crippen molar-refractivity contribution in [3.05, 3.63) is 99.4 Å². The van der Waals surface area contributed by atoms with Gasteiger partial charge in [0.15, 0.2) is 5.69 Å². The molecule has 4 fully saturated rings. The van der Waals surface area contributed by atoms with E-state index in [1.54, 1.807) is 0 Å². The zero-order chi connectivity index (χ0) is 39.6. The number of hydrogen-bond donors (Lipinski definition) is 1. The molecule has 6 aliphatic heterocycles. The lowest BCUT2D eigenvalue weighted by Crippen LogP contribution is -2.54. The van der Waals surface area contributed by atoms with E-state index in [0.717, 1.165) is 84.7 Å². The molecule has 6 heterocycles. The van der Waals surface area contributed by atoms with Crippen molar-refractivity contribution in [1.29, 1.82) is 0 Å². The molecule has 6 aliphatic rings. The van der Waals surface area contributed by atoms with Crippen LogP contribution in [-0.2, 0) is 22.7 Å². The average Bonchev–Trinajstić information content (AvgIpc) is 3.84. The van der Waals surface area contributed by atoms with Crippen molar-refractivity contribution in [2.75, 3.05) is 49.1 Å². The van der Waals surface area contributed by atoms with Gasteiger partial charge in [0.05, 0.1) is 17.7 Å². The van der Waals surface area contributed by atoms with Crippen LogP contribution in [0.4, 0.5) is 17.1 Å². The first-order valence-electron chi connectivity index (χ1n) is 20.5. The third-order valence-electron chi connectivity index (χ3n) is 13.7. The fourth-order valence-corrected chi connectivity index (χ4v) is 10.5. The minimum absolute atomic E-state index is 0.0843. The summed E-state index contributed by atoms with van der Waals surface area (Å²) in [5.41, 5.74) is 7.90. The number of amides is 5. The molecule has 12 heteroatoms. The Morgan fingerprint density at radius 1 is 0.860 bits per heavy atom. The summed E-state index contributed by atoms with van der Waals surface area (Å²) >= 11 is 0. The SMILES string of the molecule is [C-]#[N+]c1ccc(N2CC3(CCN(c4ccc(C(=O)N5CCC(CN6Cc7cc8c(cc7C6)C(=O)N(C6CCC(=O)NC6=O)C8=O)CC5)cc4)CC3)C[C@@H]2C)cc1C. The molecule has 2 atom stereocenters. The molecule has 1 unspecified atom stereocenters. The molecular weight excluding hydrogens is 719 g/mol. The third kappa shape index (κ3) is 6.75. The lowest BCUT2D eigenvalue weighted by atomic mass is 9.76. The molecule has 0 radical (unpaired) electrons. The monoisotopic (exact) mass is 767 g/mol. The normalized spacial score (nSPS) is 23.6. The molecule has 5 amide bonds. The maximum atomic E-state index is 13.6. The van der Waals surface area contributed by atoms with Crippen LogP contribution in [0.1, 0.15) is 99.6 Å². The van der Waals surface area contributed by atoms with Gasteiger partial charge >= 0.3 is 0 Å². The molecule has 3 aromatic rings. The van der Waals surface area contributed by atoms with E-state index in [-0.39, 0.29) is 24.7 Å². The molecule has 0 bridgehead atoms. The molecule has 3 aromatic carbocycles. The number of fused-ring (bicyclic) bond motifs is 2. The van der Waals surface area contributed by atoms with Crippen LogP contribution in [0.3, 0.4) is 0 Å². The largest absolute Gasteiger partial charge is 0.371 e. The van der Waals surface area contributed by atoms with Gasteiger partial charge in [-0.25, -0.2) is 4.85 Å². The summed E-state index contributed by atoms with van der Waals surface area (Å²) in [7, 11) is 0. The summed E-state index contributed by atoms with van der Waals surface area (Å²) in [4.78, 5) is 78.3. The average molecular weight is 768 g/mol. The molecule has 0 aromatic heterocycles. The van der Waals surface area contributed by atoms with Crippen LogP contribution in [0.15, 0.2) is 54.6 Å². The van der Waals surface area contributed by atoms with E-state index in [1.165, 1.54) is 17.8 Å². The van der Waals surface area contributed by atoms with Gasteiger partial charge in [0, 0.05) is 81.8 Å². The Hall–Kier alpha value is -5.54. The van der Waals surface area contributed by atoms with Crippen molar-refractivity contribution in [3.8, 4) is 0 Å². The smallest absolute Gasteiger partial charge is 0.262 e. The number of aryl methyl sites for hydroxylation is 1. The summed E-state index contributed by atoms with van der Waals surface area (Å²) in [6.07, 6.45) is 5.53. The molecular formula is C45H49N7O5. The molecule has 9 rings (SSSR count). The molecule has 294 valence electrons. The lowest BCUT2D eigenvalue weighted by Gasteiger charge is -2.40. The highest BCUT2D eigenvalue weighted by Crippen LogP contribution is 2.46. The van der Waals surface area contributed by atoms with Crippen LogP contribution < -0.4 is 15.1 Å². The van der Waals surface area contributed by atoms with Crippen molar-refractivity contribution < 1.29 is 24.0 Å². The van der Waals surface area contributed by atoms with Crippen molar-refractivity contribution >= 4 is 46.6 Å². The second kappa shape index (κ2) is 14.4. The highest BCUT2D eigenvalue weighted by molar-refractivity contribution is 6.23. The number of nitrogens with zero attached hydrogens (tertiary/aromatic N) is 6. The van der Waals surface area contributed by atoms with E-state index in [4.69, 9.17) is 6.57 Å². The Bertz CT molecular complexity index is 2170. The predicted octanol–water partition coefficient (Wildman–Crippen LogP) is 5.70. The number of hydrogen-bond acceptors (Lipinski definition) is 8. The number of nitrogens with one attached hydrogen (secondary N) is 1. The molecule has 57 heavy (non-hydrogen) atoms. The predicted molar refractivity (Wildman–Crippen MR) is 215 cm³/mol. The van der Waals surface area contributed by atoms with Crippen LogP contribution in [0, 0.1) is 24.8 Å². The Morgan fingerprint density at radius 2 is 1.51 bits per heavy atom. The quantitative estimate of drug-likeness (QED) is 0.251. The van der Waals surface area contributed by atoms with E-state index >= 15 is 0 Å². The molecule has 1 N–H and O–H groups in total. The standard InChI is InChI=1S/C45H49N7O5/c1-28-20-35(8-9-38(28)46-3)51-27-45(23-29(51)2)14-18-49(19-15-45)34-6-4-31(5-7-34)42(55)50-16-12-30(13-17-50)24-48-25-32-21-36-37(22-33(32)26-48)44(57)52(43(36)56)39-10-11-40(53)47-41(39)54/h4-9,20-22,29-30,39H,10-19,23-27H2,1-2H3,(H,47,53,54)/t29-,39?/m0/s1. The lowest BCUT2D eigenvalue weighted by molar-refractivity contribution is -0.136. The van der Waals surface area contributed by atoms with Gasteiger partial charge in [-0.1, -0.05) is 6.07 Å². The van der Waals surface area contributed by atoms with E-state index in [1.807, 2.05) is 42.2 Å². The van der Waals surface area contributed by atoms with E-state index < -0.39 is 23.8 Å². The topological polar surface area (TPSA) is 118 Å². The molecule has 1 spiro atoms. The van der Waals surface area contributed by atoms with E-state index in [9.17, 15) is 24.0 Å². The van der Waals surface area contributed by atoms with Gasteiger partial charge < -0.3 is 14.7 Å². The first-order chi connectivity index (χ1) is 27.5. The number of likely N-dealkylation sites (tertiary alicyclic amines) is 1. The Balaban J connectivity index is 0.745. The van der Waals surface area contributed by atoms with Crippen molar-refractivity contribution in [3.63, 3.8) is 0 Å². The van der Waals surface area contributed by atoms with Gasteiger partial charge in [-0.3, -0.25) is 39.1 Å². The van der Waals surface area contributed by atoms with Crippen LogP contribution in [-0.4, -0.2) is 95.6 Å². The van der Waals surface area contributed by atoms with Crippen molar-refractivity contribution in [2.24, 2.45) is 11.3 Å². The Labute approximate surface area is 333 Å². The summed E-state index contributed by atoms with van der Waals surface area (Å²) in [5, 5.41) is 2.25. The van der Waals surface area contributed by atoms with E-state index in [0.29, 0.717) is 54.7 Å². The van der Waals surface area contributed by atoms with Crippen LogP contribution >= 0.6 is 0 Å². The second-order valence-electron chi connectivity index (χ2n) is 17.3. The maximum Gasteiger partial charge on any atom is 0.262 e. The van der Waals surface area contributed by atoms with Gasteiger partial charge in [0.25, 0.3) is 17.7 Å². The number of carbonyl (C=O) groups is 5. The molecule has 4 saturated heterocycles. The van der Waals surface area contributed by atoms with Gasteiger partial charge in [0.1, 0.15) is 6.04 Å². The Kier molecular flexibility index (Phi) is 9.39. The minimum Gasteiger partial charge on any atom is -0.371 e. The maximum absolute atomic E-state index is 13.6. The number of benzene rings is 3. The number of carbonyl (C=O) groups excluding carboxylic acids is 5. The molecule has 0 saturated carbocycles. The second-order valence-corrected chi connectivity index (χ2v) is 17.3. The number of imide groups is 2. The van der Waals surface area contributed by atoms with Gasteiger partial charge in [0.2, 0.25) is 11.8 Å². The summed E-state index contributed by atoms with van der Waals surface area (Å²) in [6, 6.07) is 17.6. The van der Waals surface area contributed by atoms with E-state index in [2.05, 4.69) is 56.1 Å².